The van der Waals surface area contributed by atoms with Crippen LogP contribution >= 0.6 is 11.3 Å². The van der Waals surface area contributed by atoms with Gasteiger partial charge in [0.25, 0.3) is 0 Å². The first-order chi connectivity index (χ1) is 10.1. The van der Waals surface area contributed by atoms with Gasteiger partial charge in [0, 0.05) is 17.6 Å². The molecule has 2 aromatic rings. The van der Waals surface area contributed by atoms with Crippen LogP contribution in [0.25, 0.3) is 0 Å². The van der Waals surface area contributed by atoms with Crippen LogP contribution < -0.4 is 10.6 Å². The van der Waals surface area contributed by atoms with Crippen molar-refractivity contribution in [1.82, 2.24) is 15.6 Å². The van der Waals surface area contributed by atoms with Crippen LogP contribution in [0, 0.1) is 6.92 Å². The summed E-state index contributed by atoms with van der Waals surface area (Å²) < 4.78 is 0. The fourth-order valence-electron chi connectivity index (χ4n) is 2.05. The number of aromatic nitrogens is 1. The van der Waals surface area contributed by atoms with Crippen molar-refractivity contribution < 1.29 is 4.79 Å². The minimum atomic E-state index is -0.136. The normalized spacial score (nSPS) is 11.9. The molecule has 0 saturated heterocycles. The van der Waals surface area contributed by atoms with E-state index in [9.17, 15) is 4.79 Å². The van der Waals surface area contributed by atoms with Crippen LogP contribution in [-0.2, 0) is 6.54 Å². The number of hydrogen-bond acceptors (Lipinski definition) is 3. The molecule has 0 bridgehead atoms. The van der Waals surface area contributed by atoms with E-state index < -0.39 is 0 Å². The molecule has 5 heteroatoms. The molecule has 0 aliphatic carbocycles. The standard InChI is InChI=1S/C16H21N3OS/c1-12(14-6-4-3-5-7-14)8-9-17-16(20)19-11-15-18-10-13(2)21-15/h3-7,10,12H,8-9,11H2,1-2H3,(H2,17,19,20)/t12-/m1/s1. The minimum absolute atomic E-state index is 0.136. The van der Waals surface area contributed by atoms with Crippen molar-refractivity contribution in [2.75, 3.05) is 6.54 Å². The van der Waals surface area contributed by atoms with Crippen molar-refractivity contribution >= 4 is 17.4 Å². The first-order valence-electron chi connectivity index (χ1n) is 7.13. The number of nitrogens with one attached hydrogen (secondary N) is 2. The summed E-state index contributed by atoms with van der Waals surface area (Å²) in [6.45, 7) is 5.33. The maximum absolute atomic E-state index is 11.7. The Bertz CT molecular complexity index is 568. The first kappa shape index (κ1) is 15.5. The fraction of sp³-hybridized carbons (Fsp3) is 0.375. The molecule has 0 fully saturated rings. The highest BCUT2D eigenvalue weighted by Crippen LogP contribution is 2.17. The maximum atomic E-state index is 11.7. The molecule has 1 atom stereocenters. The molecule has 0 aliphatic heterocycles. The lowest BCUT2D eigenvalue weighted by Crippen LogP contribution is -2.35. The summed E-state index contributed by atoms with van der Waals surface area (Å²) >= 11 is 1.60. The van der Waals surface area contributed by atoms with Crippen LogP contribution in [-0.4, -0.2) is 17.6 Å². The van der Waals surface area contributed by atoms with Gasteiger partial charge in [0.2, 0.25) is 0 Å². The molecule has 2 amide bonds. The van der Waals surface area contributed by atoms with Gasteiger partial charge in [-0.1, -0.05) is 37.3 Å². The number of hydrogen-bond donors (Lipinski definition) is 2. The molecule has 21 heavy (non-hydrogen) atoms. The van der Waals surface area contributed by atoms with Crippen LogP contribution in [0.4, 0.5) is 4.79 Å². The van der Waals surface area contributed by atoms with E-state index in [-0.39, 0.29) is 6.03 Å². The Balaban J connectivity index is 1.65. The minimum Gasteiger partial charge on any atom is -0.338 e. The van der Waals surface area contributed by atoms with Gasteiger partial charge in [-0.05, 0) is 24.8 Å². The molecule has 0 saturated carbocycles. The summed E-state index contributed by atoms with van der Waals surface area (Å²) in [7, 11) is 0. The highest BCUT2D eigenvalue weighted by Gasteiger charge is 2.06. The Labute approximate surface area is 129 Å². The molecular weight excluding hydrogens is 282 g/mol. The number of rotatable bonds is 6. The number of amides is 2. The number of carbonyl (C=O) groups excluding carboxylic acids is 1. The molecule has 1 heterocycles. The lowest BCUT2D eigenvalue weighted by Gasteiger charge is -2.12. The number of urea groups is 1. The summed E-state index contributed by atoms with van der Waals surface area (Å²) in [6, 6.07) is 10.2. The highest BCUT2D eigenvalue weighted by atomic mass is 32.1. The van der Waals surface area contributed by atoms with Crippen molar-refractivity contribution in [1.29, 1.82) is 0 Å². The lowest BCUT2D eigenvalue weighted by molar-refractivity contribution is 0.240. The predicted octanol–water partition coefficient (Wildman–Crippen LogP) is 3.44. The van der Waals surface area contributed by atoms with E-state index in [1.807, 2.05) is 31.3 Å². The van der Waals surface area contributed by atoms with Crippen molar-refractivity contribution in [3.63, 3.8) is 0 Å². The van der Waals surface area contributed by atoms with Crippen LogP contribution in [0.3, 0.4) is 0 Å². The van der Waals surface area contributed by atoms with Gasteiger partial charge >= 0.3 is 6.03 Å². The van der Waals surface area contributed by atoms with Crippen LogP contribution in [0.5, 0.6) is 0 Å². The molecule has 0 radical (unpaired) electrons. The quantitative estimate of drug-likeness (QED) is 0.859. The second-order valence-corrected chi connectivity index (χ2v) is 6.39. The number of aryl methyl sites for hydroxylation is 1. The summed E-state index contributed by atoms with van der Waals surface area (Å²) in [5.41, 5.74) is 1.30. The molecule has 112 valence electrons. The van der Waals surface area contributed by atoms with E-state index in [0.29, 0.717) is 19.0 Å². The van der Waals surface area contributed by atoms with Gasteiger partial charge < -0.3 is 10.6 Å². The molecule has 1 aromatic heterocycles. The van der Waals surface area contributed by atoms with E-state index in [0.717, 1.165) is 16.3 Å². The smallest absolute Gasteiger partial charge is 0.315 e. The molecular formula is C16H21N3OS. The van der Waals surface area contributed by atoms with E-state index in [1.54, 1.807) is 11.3 Å². The van der Waals surface area contributed by atoms with Gasteiger partial charge in [-0.2, -0.15) is 0 Å². The molecule has 0 unspecified atom stereocenters. The van der Waals surface area contributed by atoms with Crippen molar-refractivity contribution in [3.8, 4) is 0 Å². The Hall–Kier alpha value is -1.88. The summed E-state index contributed by atoms with van der Waals surface area (Å²) in [5.74, 6) is 0.438. The Morgan fingerprint density at radius 3 is 2.71 bits per heavy atom. The maximum Gasteiger partial charge on any atom is 0.315 e. The molecule has 0 spiro atoms. The topological polar surface area (TPSA) is 54.0 Å². The molecule has 2 N–H and O–H groups in total. The average molecular weight is 303 g/mol. The van der Waals surface area contributed by atoms with E-state index >= 15 is 0 Å². The zero-order chi connectivity index (χ0) is 15.1. The number of carbonyl (C=O) groups is 1. The third-order valence-electron chi connectivity index (χ3n) is 3.30. The largest absolute Gasteiger partial charge is 0.338 e. The van der Waals surface area contributed by atoms with Crippen LogP contribution in [0.2, 0.25) is 0 Å². The van der Waals surface area contributed by atoms with E-state index in [4.69, 9.17) is 0 Å². The SMILES string of the molecule is Cc1cnc(CNC(=O)NCC[C@@H](C)c2ccccc2)s1. The number of benzene rings is 1. The second kappa shape index (κ2) is 7.78. The lowest BCUT2D eigenvalue weighted by atomic mass is 9.98. The predicted molar refractivity (Wildman–Crippen MR) is 86.6 cm³/mol. The summed E-state index contributed by atoms with van der Waals surface area (Å²) in [5, 5.41) is 6.64. The number of thiazole rings is 1. The Morgan fingerprint density at radius 2 is 2.05 bits per heavy atom. The van der Waals surface area contributed by atoms with Gasteiger partial charge in [-0.25, -0.2) is 9.78 Å². The zero-order valence-electron chi connectivity index (χ0n) is 12.4. The monoisotopic (exact) mass is 303 g/mol. The average Bonchev–Trinajstić information content (AvgIpc) is 2.91. The Kier molecular flexibility index (Phi) is 5.75. The molecule has 2 rings (SSSR count). The third kappa shape index (κ3) is 5.19. The molecule has 0 aliphatic rings. The summed E-state index contributed by atoms with van der Waals surface area (Å²) in [4.78, 5) is 17.1. The summed E-state index contributed by atoms with van der Waals surface area (Å²) in [6.07, 6.45) is 2.74. The van der Waals surface area contributed by atoms with Gasteiger partial charge in [-0.3, -0.25) is 0 Å². The van der Waals surface area contributed by atoms with Gasteiger partial charge in [0.15, 0.2) is 0 Å². The van der Waals surface area contributed by atoms with Gasteiger partial charge in [0.1, 0.15) is 5.01 Å². The highest BCUT2D eigenvalue weighted by molar-refractivity contribution is 7.11. The van der Waals surface area contributed by atoms with Crippen molar-refractivity contribution in [2.45, 2.75) is 32.7 Å². The first-order valence-corrected chi connectivity index (χ1v) is 7.94. The Morgan fingerprint density at radius 1 is 1.29 bits per heavy atom. The van der Waals surface area contributed by atoms with E-state index in [1.165, 1.54) is 5.56 Å². The van der Waals surface area contributed by atoms with Crippen LogP contribution in [0.15, 0.2) is 36.5 Å². The van der Waals surface area contributed by atoms with Crippen molar-refractivity contribution in [2.24, 2.45) is 0 Å². The van der Waals surface area contributed by atoms with Crippen LogP contribution in [0.1, 0.15) is 34.7 Å². The van der Waals surface area contributed by atoms with Gasteiger partial charge in [-0.15, -0.1) is 11.3 Å². The van der Waals surface area contributed by atoms with Crippen molar-refractivity contribution in [3.05, 3.63) is 52.0 Å². The van der Waals surface area contributed by atoms with Gasteiger partial charge in [0.05, 0.1) is 6.54 Å². The second-order valence-electron chi connectivity index (χ2n) is 5.07. The number of nitrogens with zero attached hydrogens (tertiary/aromatic N) is 1. The zero-order valence-corrected chi connectivity index (χ0v) is 13.2. The van der Waals surface area contributed by atoms with E-state index in [2.05, 4.69) is 34.7 Å². The third-order valence-corrected chi connectivity index (χ3v) is 4.21. The molecule has 1 aromatic carbocycles. The fourth-order valence-corrected chi connectivity index (χ4v) is 2.78. The molecule has 4 nitrogen and oxygen atoms in total.